The van der Waals surface area contributed by atoms with Gasteiger partial charge in [0.05, 0.1) is 24.3 Å². The standard InChI is InChI=1S/C29H29N5O4S2/c1-4-33(40(3,36)37)21-12-10-20(11-13-21)27(35)19-39-29-32-31-28(25-18-30-26-9-7-6-8-24(25)26)34(29)22-14-16-23(17-15-22)38-5-2/h6-18,30H,4-5,19H2,1-3H3. The lowest BCUT2D eigenvalue weighted by atomic mass is 10.1. The Hall–Kier alpha value is -4.09. The first-order valence-corrected chi connectivity index (χ1v) is 15.6. The van der Waals surface area contributed by atoms with Crippen LogP contribution in [0.15, 0.2) is 84.1 Å². The minimum Gasteiger partial charge on any atom is -0.494 e. The summed E-state index contributed by atoms with van der Waals surface area (Å²) in [6.07, 6.45) is 3.08. The van der Waals surface area contributed by atoms with Crippen molar-refractivity contribution in [3.8, 4) is 22.8 Å². The summed E-state index contributed by atoms with van der Waals surface area (Å²) in [6.45, 7) is 4.58. The maximum Gasteiger partial charge on any atom is 0.232 e. The molecule has 0 aliphatic rings. The lowest BCUT2D eigenvalue weighted by Gasteiger charge is -2.20. The molecular formula is C29H29N5O4S2. The number of H-pyrrole nitrogens is 1. The number of thioether (sulfide) groups is 1. The number of nitrogens with one attached hydrogen (secondary N) is 1. The van der Waals surface area contributed by atoms with Gasteiger partial charge < -0.3 is 9.72 Å². The molecule has 3 aromatic carbocycles. The fourth-order valence-electron chi connectivity index (χ4n) is 4.52. The van der Waals surface area contributed by atoms with Crippen molar-refractivity contribution in [3.05, 3.63) is 84.6 Å². The maximum absolute atomic E-state index is 13.1. The zero-order valence-corrected chi connectivity index (χ0v) is 24.0. The van der Waals surface area contributed by atoms with Gasteiger partial charge in [-0.2, -0.15) is 0 Å². The second-order valence-corrected chi connectivity index (χ2v) is 11.9. The number of ether oxygens (including phenoxy) is 1. The average Bonchev–Trinajstić information content (AvgIpc) is 3.56. The normalized spacial score (nSPS) is 11.6. The number of aromatic nitrogens is 4. The van der Waals surface area contributed by atoms with Crippen molar-refractivity contribution in [2.24, 2.45) is 0 Å². The van der Waals surface area contributed by atoms with E-state index in [4.69, 9.17) is 4.74 Å². The van der Waals surface area contributed by atoms with Crippen LogP contribution in [-0.2, 0) is 10.0 Å². The van der Waals surface area contributed by atoms with Crippen LogP contribution in [0.5, 0.6) is 5.75 Å². The Morgan fingerprint density at radius 1 is 1.00 bits per heavy atom. The van der Waals surface area contributed by atoms with Crippen molar-refractivity contribution in [1.82, 2.24) is 19.7 Å². The van der Waals surface area contributed by atoms with Crippen LogP contribution >= 0.6 is 11.8 Å². The van der Waals surface area contributed by atoms with Gasteiger partial charge in [-0.1, -0.05) is 30.0 Å². The van der Waals surface area contributed by atoms with Gasteiger partial charge in [0.15, 0.2) is 16.8 Å². The van der Waals surface area contributed by atoms with E-state index in [1.807, 2.05) is 66.2 Å². The van der Waals surface area contributed by atoms with E-state index in [2.05, 4.69) is 15.2 Å². The summed E-state index contributed by atoms with van der Waals surface area (Å²) in [5.74, 6) is 1.44. The van der Waals surface area contributed by atoms with Crippen molar-refractivity contribution in [2.45, 2.75) is 19.0 Å². The number of rotatable bonds is 11. The van der Waals surface area contributed by atoms with Gasteiger partial charge in [0.25, 0.3) is 0 Å². The molecule has 0 fully saturated rings. The van der Waals surface area contributed by atoms with Crippen LogP contribution in [0.1, 0.15) is 24.2 Å². The van der Waals surface area contributed by atoms with Crippen LogP contribution in [0.3, 0.4) is 0 Å². The summed E-state index contributed by atoms with van der Waals surface area (Å²) >= 11 is 1.29. The molecule has 0 atom stereocenters. The van der Waals surface area contributed by atoms with Crippen molar-refractivity contribution < 1.29 is 17.9 Å². The Bertz CT molecular complexity index is 1740. The first-order chi connectivity index (χ1) is 19.3. The first-order valence-electron chi connectivity index (χ1n) is 12.8. The van der Waals surface area contributed by atoms with Gasteiger partial charge in [-0.3, -0.25) is 13.7 Å². The number of fused-ring (bicyclic) bond motifs is 1. The number of carbonyl (C=O) groups excluding carboxylic acids is 1. The van der Waals surface area contributed by atoms with Gasteiger partial charge in [-0.05, 0) is 68.4 Å². The Morgan fingerprint density at radius 2 is 1.73 bits per heavy atom. The average molecular weight is 576 g/mol. The van der Waals surface area contributed by atoms with Crippen molar-refractivity contribution in [1.29, 1.82) is 0 Å². The van der Waals surface area contributed by atoms with E-state index in [1.165, 1.54) is 16.1 Å². The minimum absolute atomic E-state index is 0.103. The number of para-hydroxylation sites is 1. The molecule has 11 heteroatoms. The molecule has 0 unspecified atom stereocenters. The Balaban J connectivity index is 1.44. The molecule has 5 rings (SSSR count). The van der Waals surface area contributed by atoms with E-state index in [0.29, 0.717) is 35.4 Å². The lowest BCUT2D eigenvalue weighted by Crippen LogP contribution is -2.29. The quantitative estimate of drug-likeness (QED) is 0.162. The number of carbonyl (C=O) groups is 1. The SMILES string of the molecule is CCOc1ccc(-n2c(SCC(=O)c3ccc(N(CC)S(C)(=O)=O)cc3)nnc2-c2c[nH]c3ccccc23)cc1. The van der Waals surface area contributed by atoms with Gasteiger partial charge >= 0.3 is 0 Å². The van der Waals surface area contributed by atoms with Gasteiger partial charge in [0, 0.05) is 40.5 Å². The third kappa shape index (κ3) is 5.61. The summed E-state index contributed by atoms with van der Waals surface area (Å²) in [5.41, 5.74) is 3.74. The molecule has 0 bridgehead atoms. The zero-order valence-electron chi connectivity index (χ0n) is 22.4. The van der Waals surface area contributed by atoms with E-state index < -0.39 is 10.0 Å². The smallest absolute Gasteiger partial charge is 0.232 e. The van der Waals surface area contributed by atoms with E-state index in [-0.39, 0.29) is 11.5 Å². The number of hydrogen-bond donors (Lipinski definition) is 1. The molecule has 5 aromatic rings. The Labute approximate surface area is 237 Å². The number of sulfonamides is 1. The van der Waals surface area contributed by atoms with Crippen LogP contribution < -0.4 is 9.04 Å². The molecule has 206 valence electrons. The summed E-state index contributed by atoms with van der Waals surface area (Å²) in [4.78, 5) is 16.4. The van der Waals surface area contributed by atoms with Gasteiger partial charge in [-0.25, -0.2) is 8.42 Å². The largest absolute Gasteiger partial charge is 0.494 e. The predicted molar refractivity (Wildman–Crippen MR) is 159 cm³/mol. The van der Waals surface area contributed by atoms with Crippen LogP contribution in [0.4, 0.5) is 5.69 Å². The van der Waals surface area contributed by atoms with E-state index >= 15 is 0 Å². The topological polar surface area (TPSA) is 110 Å². The predicted octanol–water partition coefficient (Wildman–Crippen LogP) is 5.58. The van der Waals surface area contributed by atoms with Crippen LogP contribution in [0, 0.1) is 0 Å². The van der Waals surface area contributed by atoms with E-state index in [0.717, 1.165) is 34.2 Å². The molecule has 1 N–H and O–H groups in total. The van der Waals surface area contributed by atoms with Crippen molar-refractivity contribution >= 4 is 44.2 Å². The van der Waals surface area contributed by atoms with Crippen LogP contribution in [0.2, 0.25) is 0 Å². The van der Waals surface area contributed by atoms with Crippen molar-refractivity contribution in [3.63, 3.8) is 0 Å². The first kappa shape index (κ1) is 27.5. The highest BCUT2D eigenvalue weighted by atomic mass is 32.2. The number of benzene rings is 3. The molecule has 0 aliphatic carbocycles. The molecule has 2 heterocycles. The molecule has 0 saturated heterocycles. The molecular weight excluding hydrogens is 546 g/mol. The van der Waals surface area contributed by atoms with E-state index in [1.54, 1.807) is 31.2 Å². The number of Topliss-reactive ketones (excluding diaryl/α,β-unsaturated/α-hetero) is 1. The van der Waals surface area contributed by atoms with Gasteiger partial charge in [0.2, 0.25) is 10.0 Å². The third-order valence-electron chi connectivity index (χ3n) is 6.37. The van der Waals surface area contributed by atoms with Crippen LogP contribution in [-0.4, -0.2) is 59.1 Å². The molecule has 0 saturated carbocycles. The highest BCUT2D eigenvalue weighted by Gasteiger charge is 2.21. The lowest BCUT2D eigenvalue weighted by molar-refractivity contribution is 0.102. The number of nitrogens with zero attached hydrogens (tertiary/aromatic N) is 4. The number of ketones is 1. The Kier molecular flexibility index (Phi) is 7.95. The second kappa shape index (κ2) is 11.6. The zero-order chi connectivity index (χ0) is 28.3. The Morgan fingerprint density at radius 3 is 2.40 bits per heavy atom. The second-order valence-electron chi connectivity index (χ2n) is 9.00. The molecule has 9 nitrogen and oxygen atoms in total. The fourth-order valence-corrected chi connectivity index (χ4v) is 6.34. The molecule has 2 aromatic heterocycles. The van der Waals surface area contributed by atoms with Gasteiger partial charge in [0.1, 0.15) is 5.75 Å². The molecule has 0 amide bonds. The highest BCUT2D eigenvalue weighted by molar-refractivity contribution is 7.99. The highest BCUT2D eigenvalue weighted by Crippen LogP contribution is 2.33. The molecule has 0 aliphatic heterocycles. The van der Waals surface area contributed by atoms with Crippen molar-refractivity contribution in [2.75, 3.05) is 29.5 Å². The number of hydrogen-bond acceptors (Lipinski definition) is 7. The number of aromatic amines is 1. The third-order valence-corrected chi connectivity index (χ3v) is 8.57. The molecule has 0 radical (unpaired) electrons. The maximum atomic E-state index is 13.1. The summed E-state index contributed by atoms with van der Waals surface area (Å²) < 4.78 is 32.9. The summed E-state index contributed by atoms with van der Waals surface area (Å²) in [6, 6.07) is 22.3. The fraction of sp³-hybridized carbons (Fsp3) is 0.207. The monoisotopic (exact) mass is 575 g/mol. The minimum atomic E-state index is -3.40. The van der Waals surface area contributed by atoms with E-state index in [9.17, 15) is 13.2 Å². The van der Waals surface area contributed by atoms with Crippen LogP contribution in [0.25, 0.3) is 28.0 Å². The number of anilines is 1. The summed E-state index contributed by atoms with van der Waals surface area (Å²) in [5, 5.41) is 10.6. The van der Waals surface area contributed by atoms with Gasteiger partial charge in [-0.15, -0.1) is 10.2 Å². The molecule has 0 spiro atoms. The molecule has 40 heavy (non-hydrogen) atoms. The summed E-state index contributed by atoms with van der Waals surface area (Å²) in [7, 11) is -3.40.